The summed E-state index contributed by atoms with van der Waals surface area (Å²) >= 11 is 0. The molecule has 2 nitrogen and oxygen atoms in total. The van der Waals surface area contributed by atoms with Gasteiger partial charge in [-0.3, -0.25) is 4.79 Å². The summed E-state index contributed by atoms with van der Waals surface area (Å²) in [4.78, 5) is 14.5. The Morgan fingerprint density at radius 3 is 1.61 bits per heavy atom. The lowest BCUT2D eigenvalue weighted by molar-refractivity contribution is -0.126. The number of ketones is 1. The van der Waals surface area contributed by atoms with E-state index in [0.29, 0.717) is 5.78 Å². The smallest absolute Gasteiger partial charge is 0.138 e. The number of hydrogen-bond acceptors (Lipinski definition) is 2. The average Bonchev–Trinajstić information content (AvgIpc) is 2.61. The second kappa shape index (κ2) is 15.5. The number of carbonyl (C=O) groups excluding carboxylic acids is 1. The molecule has 0 aromatic heterocycles. The summed E-state index contributed by atoms with van der Waals surface area (Å²) in [7, 11) is 0. The largest absolute Gasteiger partial charge is 0.303 e. The number of unbranched alkanes of at least 4 members (excludes halogenated alkanes) is 12. The molecule has 1 rings (SSSR count). The number of hydrogen-bond donors (Lipinski definition) is 0. The Morgan fingerprint density at radius 2 is 1.18 bits per heavy atom. The number of Topliss-reactive ketones (excluding diaryl/α,β-unsaturated/α-hetero) is 1. The monoisotopic (exact) mass is 393 g/mol. The average molecular weight is 394 g/mol. The van der Waals surface area contributed by atoms with Crippen molar-refractivity contribution >= 4 is 5.78 Å². The van der Waals surface area contributed by atoms with Crippen LogP contribution in [0.2, 0.25) is 0 Å². The molecule has 1 aliphatic rings. The molecule has 0 bridgehead atoms. The second-order valence-corrected chi connectivity index (χ2v) is 10.4. The molecule has 1 fully saturated rings. The summed E-state index contributed by atoms with van der Waals surface area (Å²) in [5, 5.41) is 0. The number of likely N-dealkylation sites (tertiary alicyclic amines) is 1. The van der Waals surface area contributed by atoms with Crippen LogP contribution in [0.5, 0.6) is 0 Å². The Hall–Kier alpha value is -0.370. The quantitative estimate of drug-likeness (QED) is 0.221. The van der Waals surface area contributed by atoms with Gasteiger partial charge in [0.15, 0.2) is 0 Å². The molecule has 0 atom stereocenters. The van der Waals surface area contributed by atoms with Gasteiger partial charge < -0.3 is 4.90 Å². The van der Waals surface area contributed by atoms with Crippen molar-refractivity contribution in [2.75, 3.05) is 19.6 Å². The molecule has 0 radical (unpaired) electrons. The summed E-state index contributed by atoms with van der Waals surface area (Å²) in [6.45, 7) is 12.5. The highest BCUT2D eigenvalue weighted by molar-refractivity contribution is 5.83. The van der Waals surface area contributed by atoms with Crippen molar-refractivity contribution < 1.29 is 4.79 Å². The van der Waals surface area contributed by atoms with Gasteiger partial charge in [-0.25, -0.2) is 0 Å². The minimum atomic E-state index is -0.146. The zero-order valence-corrected chi connectivity index (χ0v) is 19.9. The SMILES string of the molecule is CCCC1CN(CCCCCCCCCCCCCCCC(=O)C(C)(C)C)C1. The third-order valence-corrected chi connectivity index (χ3v) is 6.44. The molecule has 1 heterocycles. The fraction of sp³-hybridized carbons (Fsp3) is 0.962. The zero-order chi connectivity index (χ0) is 20.7. The fourth-order valence-electron chi connectivity index (χ4n) is 4.39. The van der Waals surface area contributed by atoms with Crippen molar-refractivity contribution in [3.8, 4) is 0 Å². The van der Waals surface area contributed by atoms with E-state index >= 15 is 0 Å². The fourth-order valence-corrected chi connectivity index (χ4v) is 4.39. The van der Waals surface area contributed by atoms with Crippen molar-refractivity contribution in [1.29, 1.82) is 0 Å². The minimum Gasteiger partial charge on any atom is -0.303 e. The van der Waals surface area contributed by atoms with Crippen LogP contribution >= 0.6 is 0 Å². The summed E-state index contributed by atoms with van der Waals surface area (Å²) in [6.07, 6.45) is 21.4. The highest BCUT2D eigenvalue weighted by atomic mass is 16.1. The molecule has 0 unspecified atom stereocenters. The molecule has 166 valence electrons. The Morgan fingerprint density at radius 1 is 0.750 bits per heavy atom. The van der Waals surface area contributed by atoms with Crippen molar-refractivity contribution in [3.05, 3.63) is 0 Å². The van der Waals surface area contributed by atoms with E-state index in [9.17, 15) is 4.79 Å². The van der Waals surface area contributed by atoms with E-state index in [0.717, 1.165) is 18.8 Å². The number of carbonyl (C=O) groups is 1. The maximum atomic E-state index is 11.9. The minimum absolute atomic E-state index is 0.146. The molecule has 1 aliphatic heterocycles. The van der Waals surface area contributed by atoms with E-state index < -0.39 is 0 Å². The normalized spacial score (nSPS) is 15.7. The molecule has 0 spiro atoms. The summed E-state index contributed by atoms with van der Waals surface area (Å²) in [5.74, 6) is 1.44. The molecule has 0 aliphatic carbocycles. The van der Waals surface area contributed by atoms with Crippen LogP contribution in [0.3, 0.4) is 0 Å². The molecular formula is C26H51NO. The van der Waals surface area contributed by atoms with Crippen molar-refractivity contribution in [1.82, 2.24) is 4.90 Å². The number of nitrogens with zero attached hydrogens (tertiary/aromatic N) is 1. The first kappa shape index (κ1) is 25.7. The van der Waals surface area contributed by atoms with E-state index in [1.807, 2.05) is 20.8 Å². The van der Waals surface area contributed by atoms with Gasteiger partial charge in [0.25, 0.3) is 0 Å². The van der Waals surface area contributed by atoms with Gasteiger partial charge in [-0.15, -0.1) is 0 Å². The highest BCUT2D eigenvalue weighted by Crippen LogP contribution is 2.21. The molecule has 0 N–H and O–H groups in total. The van der Waals surface area contributed by atoms with Gasteiger partial charge in [-0.05, 0) is 31.7 Å². The Kier molecular flexibility index (Phi) is 14.2. The Labute approximate surface area is 177 Å². The van der Waals surface area contributed by atoms with Gasteiger partial charge in [0.2, 0.25) is 0 Å². The van der Waals surface area contributed by atoms with Crippen LogP contribution < -0.4 is 0 Å². The van der Waals surface area contributed by atoms with Crippen molar-refractivity contribution in [3.63, 3.8) is 0 Å². The number of rotatable bonds is 18. The van der Waals surface area contributed by atoms with Gasteiger partial charge >= 0.3 is 0 Å². The first-order valence-corrected chi connectivity index (χ1v) is 12.7. The van der Waals surface area contributed by atoms with Gasteiger partial charge in [0.1, 0.15) is 5.78 Å². The highest BCUT2D eigenvalue weighted by Gasteiger charge is 2.24. The zero-order valence-electron chi connectivity index (χ0n) is 19.9. The molecule has 0 aromatic carbocycles. The predicted octanol–water partition coefficient (Wildman–Crippen LogP) is 7.79. The van der Waals surface area contributed by atoms with Crippen LogP contribution in [-0.2, 0) is 4.79 Å². The lowest BCUT2D eigenvalue weighted by Gasteiger charge is -2.39. The van der Waals surface area contributed by atoms with E-state index in [1.165, 1.54) is 110 Å². The van der Waals surface area contributed by atoms with Crippen LogP contribution in [0.15, 0.2) is 0 Å². The predicted molar refractivity (Wildman–Crippen MR) is 124 cm³/mol. The molecule has 0 aromatic rings. The van der Waals surface area contributed by atoms with Gasteiger partial charge in [0, 0.05) is 24.9 Å². The maximum Gasteiger partial charge on any atom is 0.138 e. The molecule has 28 heavy (non-hydrogen) atoms. The first-order chi connectivity index (χ1) is 13.4. The standard InChI is InChI=1S/C26H51NO/c1-5-19-24-22-27(23-24)21-18-16-14-12-10-8-6-7-9-11-13-15-17-20-25(28)26(2,3)4/h24H,5-23H2,1-4H3. The van der Waals surface area contributed by atoms with Crippen molar-refractivity contribution in [2.45, 2.75) is 130 Å². The third-order valence-electron chi connectivity index (χ3n) is 6.44. The van der Waals surface area contributed by atoms with E-state index in [-0.39, 0.29) is 5.41 Å². The maximum absolute atomic E-state index is 11.9. The van der Waals surface area contributed by atoms with E-state index in [2.05, 4.69) is 11.8 Å². The summed E-state index contributed by atoms with van der Waals surface area (Å²) in [5.41, 5.74) is -0.146. The van der Waals surface area contributed by atoms with Crippen LogP contribution in [0.25, 0.3) is 0 Å². The molecule has 1 saturated heterocycles. The summed E-state index contributed by atoms with van der Waals surface area (Å²) < 4.78 is 0. The van der Waals surface area contributed by atoms with Gasteiger partial charge in [0.05, 0.1) is 0 Å². The second-order valence-electron chi connectivity index (χ2n) is 10.4. The van der Waals surface area contributed by atoms with Crippen LogP contribution in [0, 0.1) is 11.3 Å². The van der Waals surface area contributed by atoms with Crippen LogP contribution in [0.4, 0.5) is 0 Å². The Balaban J connectivity index is 1.71. The van der Waals surface area contributed by atoms with Crippen LogP contribution in [0.1, 0.15) is 130 Å². The summed E-state index contributed by atoms with van der Waals surface area (Å²) in [6, 6.07) is 0. The lowest BCUT2D eigenvalue weighted by Crippen LogP contribution is -2.46. The third kappa shape index (κ3) is 13.0. The molecule has 0 amide bonds. The molecule has 0 saturated carbocycles. The topological polar surface area (TPSA) is 20.3 Å². The first-order valence-electron chi connectivity index (χ1n) is 12.7. The van der Waals surface area contributed by atoms with E-state index in [4.69, 9.17) is 0 Å². The van der Waals surface area contributed by atoms with Crippen molar-refractivity contribution in [2.24, 2.45) is 11.3 Å². The van der Waals surface area contributed by atoms with Gasteiger partial charge in [-0.1, -0.05) is 105 Å². The Bertz CT molecular complexity index is 378. The molecule has 2 heteroatoms. The lowest BCUT2D eigenvalue weighted by atomic mass is 9.88. The van der Waals surface area contributed by atoms with E-state index in [1.54, 1.807) is 0 Å². The van der Waals surface area contributed by atoms with Gasteiger partial charge in [-0.2, -0.15) is 0 Å². The molecular weight excluding hydrogens is 342 g/mol. The van der Waals surface area contributed by atoms with Crippen LogP contribution in [-0.4, -0.2) is 30.3 Å².